The van der Waals surface area contributed by atoms with E-state index < -0.39 is 42.4 Å². The Balaban J connectivity index is 1.73. The maximum absolute atomic E-state index is 13.3. The molecule has 11 heteroatoms. The maximum atomic E-state index is 13.3. The molecule has 0 radical (unpaired) electrons. The highest BCUT2D eigenvalue weighted by molar-refractivity contribution is 5.97. The Morgan fingerprint density at radius 2 is 1.73 bits per heavy atom. The second-order valence-electron chi connectivity index (χ2n) is 11.2. The minimum Gasteiger partial charge on any atom is -0.493 e. The molecule has 0 unspecified atom stereocenters. The Morgan fingerprint density at radius 1 is 1.05 bits per heavy atom. The predicted octanol–water partition coefficient (Wildman–Crippen LogP) is 6.33. The second-order valence-corrected chi connectivity index (χ2v) is 11.2. The standard InChI is InChI=1S/C30H35F3N2O6/c1-18-15-24(38-5)26(21-11-14-35(25(18)21)28(37)41-29(2,3)4)40-23-12-13-34(17-30(31,32)33)16-22(23)19-7-9-20(10-8-19)27(36)39-6/h7-11,14-15,22-23H,12-13,16-17H2,1-6H3/t22-,23+/m1/s1. The first-order chi connectivity index (χ1) is 19.2. The third-order valence-corrected chi connectivity index (χ3v) is 6.95. The Morgan fingerprint density at radius 3 is 2.32 bits per heavy atom. The highest BCUT2D eigenvalue weighted by Gasteiger charge is 2.38. The van der Waals surface area contributed by atoms with Gasteiger partial charge in [0.1, 0.15) is 11.7 Å². The number of ether oxygens (including phenoxy) is 4. The molecule has 2 aromatic carbocycles. The maximum Gasteiger partial charge on any atom is 0.419 e. The number of hydrogen-bond acceptors (Lipinski definition) is 7. The zero-order valence-corrected chi connectivity index (χ0v) is 24.0. The molecular weight excluding hydrogens is 541 g/mol. The normalized spacial score (nSPS) is 18.3. The summed E-state index contributed by atoms with van der Waals surface area (Å²) in [6, 6.07) is 10.1. The zero-order valence-electron chi connectivity index (χ0n) is 24.0. The summed E-state index contributed by atoms with van der Waals surface area (Å²) in [5, 5.41) is 0.616. The fraction of sp³-hybridized carbons (Fsp3) is 0.467. The van der Waals surface area contributed by atoms with Crippen molar-refractivity contribution in [2.24, 2.45) is 0 Å². The molecule has 8 nitrogen and oxygen atoms in total. The molecule has 2 heterocycles. The number of rotatable bonds is 6. The van der Waals surface area contributed by atoms with Gasteiger partial charge in [-0.15, -0.1) is 0 Å². The number of piperidine rings is 1. The van der Waals surface area contributed by atoms with Crippen LogP contribution in [-0.2, 0) is 9.47 Å². The molecule has 1 fully saturated rings. The van der Waals surface area contributed by atoms with E-state index in [-0.39, 0.29) is 13.1 Å². The lowest BCUT2D eigenvalue weighted by molar-refractivity contribution is -0.150. The van der Waals surface area contributed by atoms with E-state index in [0.29, 0.717) is 34.4 Å². The van der Waals surface area contributed by atoms with Crippen LogP contribution in [0, 0.1) is 6.92 Å². The zero-order chi connectivity index (χ0) is 30.1. The summed E-state index contributed by atoms with van der Waals surface area (Å²) in [6.45, 7) is 6.43. The third-order valence-electron chi connectivity index (χ3n) is 6.95. The summed E-state index contributed by atoms with van der Waals surface area (Å²) < 4.78 is 63.9. The van der Waals surface area contributed by atoms with Crippen LogP contribution in [0.15, 0.2) is 42.6 Å². The fourth-order valence-corrected chi connectivity index (χ4v) is 5.21. The van der Waals surface area contributed by atoms with Crippen LogP contribution in [0.4, 0.5) is 18.0 Å². The lowest BCUT2D eigenvalue weighted by Crippen LogP contribution is -2.47. The van der Waals surface area contributed by atoms with Crippen LogP contribution in [0.1, 0.15) is 54.6 Å². The van der Waals surface area contributed by atoms with E-state index in [4.69, 9.17) is 18.9 Å². The van der Waals surface area contributed by atoms with Crippen LogP contribution < -0.4 is 9.47 Å². The van der Waals surface area contributed by atoms with Crippen LogP contribution in [0.5, 0.6) is 11.5 Å². The van der Waals surface area contributed by atoms with Gasteiger partial charge in [-0.05, 0) is 69.5 Å². The van der Waals surface area contributed by atoms with Gasteiger partial charge in [0.05, 0.1) is 31.8 Å². The first-order valence-electron chi connectivity index (χ1n) is 13.3. The Kier molecular flexibility index (Phi) is 8.58. The molecular formula is C30H35F3N2O6. The van der Waals surface area contributed by atoms with E-state index in [1.54, 1.807) is 63.4 Å². The van der Waals surface area contributed by atoms with E-state index >= 15 is 0 Å². The van der Waals surface area contributed by atoms with Gasteiger partial charge < -0.3 is 18.9 Å². The highest BCUT2D eigenvalue weighted by atomic mass is 19.4. The predicted molar refractivity (Wildman–Crippen MR) is 147 cm³/mol. The number of halogens is 3. The number of nitrogens with zero attached hydrogens (tertiary/aromatic N) is 2. The van der Waals surface area contributed by atoms with Gasteiger partial charge >= 0.3 is 18.2 Å². The van der Waals surface area contributed by atoms with Crippen molar-refractivity contribution in [2.45, 2.75) is 57.9 Å². The molecule has 2 atom stereocenters. The van der Waals surface area contributed by atoms with Crippen LogP contribution >= 0.6 is 0 Å². The van der Waals surface area contributed by atoms with E-state index in [0.717, 1.165) is 11.1 Å². The second kappa shape index (κ2) is 11.6. The highest BCUT2D eigenvalue weighted by Crippen LogP contribution is 2.42. The van der Waals surface area contributed by atoms with E-state index in [1.165, 1.54) is 23.7 Å². The lowest BCUT2D eigenvalue weighted by atomic mass is 9.87. The van der Waals surface area contributed by atoms with Crippen molar-refractivity contribution in [2.75, 3.05) is 33.9 Å². The first-order valence-corrected chi connectivity index (χ1v) is 13.3. The number of benzene rings is 2. The minimum absolute atomic E-state index is 0.0952. The van der Waals surface area contributed by atoms with Crippen LogP contribution in [0.25, 0.3) is 10.9 Å². The number of fused-ring (bicyclic) bond motifs is 1. The molecule has 222 valence electrons. The number of carbonyl (C=O) groups excluding carboxylic acids is 2. The minimum atomic E-state index is -4.34. The van der Waals surface area contributed by atoms with Crippen molar-refractivity contribution in [3.8, 4) is 11.5 Å². The monoisotopic (exact) mass is 576 g/mol. The van der Waals surface area contributed by atoms with Crippen molar-refractivity contribution < 1.29 is 41.7 Å². The number of esters is 1. The van der Waals surface area contributed by atoms with Crippen LogP contribution in [-0.4, -0.2) is 73.3 Å². The van der Waals surface area contributed by atoms with Crippen LogP contribution in [0.3, 0.4) is 0 Å². The summed E-state index contributed by atoms with van der Waals surface area (Å²) in [6.07, 6.45) is -3.49. The molecule has 41 heavy (non-hydrogen) atoms. The summed E-state index contributed by atoms with van der Waals surface area (Å²) >= 11 is 0. The van der Waals surface area contributed by atoms with Crippen molar-refractivity contribution >= 4 is 23.0 Å². The van der Waals surface area contributed by atoms with Gasteiger partial charge in [0.25, 0.3) is 0 Å². The van der Waals surface area contributed by atoms with Gasteiger partial charge in [0.2, 0.25) is 0 Å². The smallest absolute Gasteiger partial charge is 0.419 e. The van der Waals surface area contributed by atoms with Gasteiger partial charge in [-0.1, -0.05) is 12.1 Å². The molecule has 0 aliphatic carbocycles. The number of methoxy groups -OCH3 is 2. The van der Waals surface area contributed by atoms with Crippen LogP contribution in [0.2, 0.25) is 0 Å². The third kappa shape index (κ3) is 6.95. The van der Waals surface area contributed by atoms with Crippen molar-refractivity contribution in [1.29, 1.82) is 0 Å². The Bertz CT molecular complexity index is 1410. The number of carbonyl (C=O) groups is 2. The molecule has 0 saturated carbocycles. The van der Waals surface area contributed by atoms with Gasteiger partial charge in [-0.25, -0.2) is 9.59 Å². The number of likely N-dealkylation sites (tertiary alicyclic amines) is 1. The quantitative estimate of drug-likeness (QED) is 0.318. The van der Waals surface area contributed by atoms with Crippen molar-refractivity contribution in [3.05, 3.63) is 59.3 Å². The molecule has 0 N–H and O–H groups in total. The molecule has 0 amide bonds. The van der Waals surface area contributed by atoms with Crippen molar-refractivity contribution in [3.63, 3.8) is 0 Å². The first kappa shape index (κ1) is 30.2. The average Bonchev–Trinajstić information content (AvgIpc) is 3.35. The molecule has 4 rings (SSSR count). The Hall–Kier alpha value is -3.73. The summed E-state index contributed by atoms with van der Waals surface area (Å²) in [5.41, 5.74) is 1.71. The topological polar surface area (TPSA) is 79.2 Å². The van der Waals surface area contributed by atoms with Crippen molar-refractivity contribution in [1.82, 2.24) is 9.47 Å². The molecule has 0 bridgehead atoms. The number of hydrogen-bond donors (Lipinski definition) is 0. The lowest BCUT2D eigenvalue weighted by Gasteiger charge is -2.39. The van der Waals surface area contributed by atoms with Gasteiger partial charge in [0, 0.05) is 30.6 Å². The number of aryl methyl sites for hydroxylation is 1. The Labute approximate surface area is 236 Å². The molecule has 3 aromatic rings. The molecule has 1 aliphatic rings. The largest absolute Gasteiger partial charge is 0.493 e. The van der Waals surface area contributed by atoms with Gasteiger partial charge in [0.15, 0.2) is 11.5 Å². The molecule has 1 aliphatic heterocycles. The summed E-state index contributed by atoms with van der Waals surface area (Å²) in [5.74, 6) is -0.130. The molecule has 1 aromatic heterocycles. The van der Waals surface area contributed by atoms with E-state index in [1.807, 2.05) is 6.92 Å². The number of alkyl halides is 3. The summed E-state index contributed by atoms with van der Waals surface area (Å²) in [4.78, 5) is 26.3. The molecule has 0 spiro atoms. The fourth-order valence-electron chi connectivity index (χ4n) is 5.21. The summed E-state index contributed by atoms with van der Waals surface area (Å²) in [7, 11) is 2.79. The van der Waals surface area contributed by atoms with E-state index in [9.17, 15) is 22.8 Å². The average molecular weight is 577 g/mol. The van der Waals surface area contributed by atoms with Gasteiger partial charge in [-0.2, -0.15) is 13.2 Å². The molecule has 1 saturated heterocycles. The van der Waals surface area contributed by atoms with E-state index in [2.05, 4.69) is 0 Å². The number of aromatic nitrogens is 1. The SMILES string of the molecule is COC(=O)c1ccc([C@H]2CN(CC(F)(F)F)CC[C@@H]2Oc2c(OC)cc(C)c3c2ccn3C(=O)OC(C)(C)C)cc1. The van der Waals surface area contributed by atoms with Gasteiger partial charge in [-0.3, -0.25) is 9.47 Å².